The molecule has 0 saturated heterocycles. The minimum atomic E-state index is 0.652. The van der Waals surface area contributed by atoms with Crippen LogP contribution in [0.4, 0.5) is 5.82 Å². The van der Waals surface area contributed by atoms with Crippen molar-refractivity contribution in [1.29, 1.82) is 0 Å². The Morgan fingerprint density at radius 2 is 2.31 bits per heavy atom. The number of aromatic nitrogens is 2. The summed E-state index contributed by atoms with van der Waals surface area (Å²) in [5.41, 5.74) is 6.53. The lowest BCUT2D eigenvalue weighted by Gasteiger charge is -1.89. The first-order valence-electron chi connectivity index (χ1n) is 3.72. The fourth-order valence-corrected chi connectivity index (χ4v) is 2.05. The SMILES string of the molecule is Cn1nc(-c2ccc(Cl)s2)cc1N. The van der Waals surface area contributed by atoms with Gasteiger partial charge in [-0.2, -0.15) is 5.10 Å². The van der Waals surface area contributed by atoms with E-state index in [2.05, 4.69) is 5.10 Å². The molecular weight excluding hydrogens is 206 g/mol. The number of aryl methyl sites for hydroxylation is 1. The molecule has 0 aliphatic rings. The maximum atomic E-state index is 5.81. The zero-order valence-electron chi connectivity index (χ0n) is 6.99. The van der Waals surface area contributed by atoms with Gasteiger partial charge in [-0.3, -0.25) is 4.68 Å². The monoisotopic (exact) mass is 213 g/mol. The van der Waals surface area contributed by atoms with Crippen molar-refractivity contribution < 1.29 is 0 Å². The molecule has 0 aliphatic carbocycles. The third-order valence-electron chi connectivity index (χ3n) is 1.74. The van der Waals surface area contributed by atoms with Gasteiger partial charge in [-0.05, 0) is 12.1 Å². The van der Waals surface area contributed by atoms with Crippen LogP contribution in [0.15, 0.2) is 18.2 Å². The molecule has 0 amide bonds. The van der Waals surface area contributed by atoms with Crippen molar-refractivity contribution in [2.45, 2.75) is 0 Å². The lowest BCUT2D eigenvalue weighted by molar-refractivity contribution is 0.783. The molecule has 0 saturated carbocycles. The molecule has 2 aromatic rings. The quantitative estimate of drug-likeness (QED) is 0.791. The molecule has 2 aromatic heterocycles. The lowest BCUT2D eigenvalue weighted by Crippen LogP contribution is -1.96. The molecule has 2 N–H and O–H groups in total. The highest BCUT2D eigenvalue weighted by molar-refractivity contribution is 7.19. The van der Waals surface area contributed by atoms with Crippen LogP contribution in [0.1, 0.15) is 0 Å². The van der Waals surface area contributed by atoms with Crippen LogP contribution >= 0.6 is 22.9 Å². The van der Waals surface area contributed by atoms with Crippen molar-refractivity contribution in [2.24, 2.45) is 7.05 Å². The van der Waals surface area contributed by atoms with Gasteiger partial charge < -0.3 is 5.73 Å². The molecule has 0 aliphatic heterocycles. The summed E-state index contributed by atoms with van der Waals surface area (Å²) >= 11 is 7.31. The fourth-order valence-electron chi connectivity index (χ4n) is 1.05. The molecule has 2 rings (SSSR count). The summed E-state index contributed by atoms with van der Waals surface area (Å²) < 4.78 is 2.40. The van der Waals surface area contributed by atoms with E-state index < -0.39 is 0 Å². The van der Waals surface area contributed by atoms with E-state index in [1.165, 1.54) is 11.3 Å². The van der Waals surface area contributed by atoms with Crippen molar-refractivity contribution in [2.75, 3.05) is 5.73 Å². The van der Waals surface area contributed by atoms with Gasteiger partial charge in [0.25, 0.3) is 0 Å². The number of rotatable bonds is 1. The van der Waals surface area contributed by atoms with Crippen LogP contribution in [0.5, 0.6) is 0 Å². The van der Waals surface area contributed by atoms with E-state index in [-0.39, 0.29) is 0 Å². The van der Waals surface area contributed by atoms with Crippen LogP contribution in [0.25, 0.3) is 10.6 Å². The van der Waals surface area contributed by atoms with Gasteiger partial charge in [-0.15, -0.1) is 11.3 Å². The fraction of sp³-hybridized carbons (Fsp3) is 0.125. The summed E-state index contributed by atoms with van der Waals surface area (Å²) in [4.78, 5) is 1.04. The number of hydrogen-bond acceptors (Lipinski definition) is 3. The molecule has 2 heterocycles. The van der Waals surface area contributed by atoms with Gasteiger partial charge >= 0.3 is 0 Å². The van der Waals surface area contributed by atoms with E-state index in [1.807, 2.05) is 25.2 Å². The molecule has 68 valence electrons. The second-order valence-corrected chi connectivity index (χ2v) is 4.40. The molecule has 0 radical (unpaired) electrons. The predicted molar refractivity (Wildman–Crippen MR) is 55.9 cm³/mol. The molecule has 13 heavy (non-hydrogen) atoms. The average molecular weight is 214 g/mol. The normalized spacial score (nSPS) is 10.6. The molecule has 0 aromatic carbocycles. The van der Waals surface area contributed by atoms with Gasteiger partial charge in [0.1, 0.15) is 11.5 Å². The number of nitrogens with zero attached hydrogens (tertiary/aromatic N) is 2. The predicted octanol–water partition coefficient (Wildman–Crippen LogP) is 2.38. The molecule has 5 heteroatoms. The van der Waals surface area contributed by atoms with E-state index in [4.69, 9.17) is 17.3 Å². The lowest BCUT2D eigenvalue weighted by atomic mass is 10.3. The van der Waals surface area contributed by atoms with Gasteiger partial charge in [-0.25, -0.2) is 0 Å². The van der Waals surface area contributed by atoms with Gasteiger partial charge in [-0.1, -0.05) is 11.6 Å². The number of thiophene rings is 1. The van der Waals surface area contributed by atoms with Crippen LogP contribution in [0, 0.1) is 0 Å². The molecule has 0 bridgehead atoms. The maximum absolute atomic E-state index is 5.81. The Bertz CT molecular complexity index is 413. The van der Waals surface area contributed by atoms with Crippen LogP contribution in [0.3, 0.4) is 0 Å². The van der Waals surface area contributed by atoms with Gasteiger partial charge in [0.2, 0.25) is 0 Å². The van der Waals surface area contributed by atoms with Crippen LogP contribution in [-0.4, -0.2) is 9.78 Å². The Morgan fingerprint density at radius 3 is 2.77 bits per heavy atom. The third-order valence-corrected chi connectivity index (χ3v) is 3.00. The Hall–Kier alpha value is -1.00. The second-order valence-electron chi connectivity index (χ2n) is 2.68. The highest BCUT2D eigenvalue weighted by Crippen LogP contribution is 2.30. The highest BCUT2D eigenvalue weighted by atomic mass is 35.5. The first kappa shape index (κ1) is 8.59. The van der Waals surface area contributed by atoms with Crippen LogP contribution in [-0.2, 0) is 7.05 Å². The molecule has 3 nitrogen and oxygen atoms in total. The van der Waals surface area contributed by atoms with E-state index in [0.717, 1.165) is 14.9 Å². The van der Waals surface area contributed by atoms with Gasteiger partial charge in [0.05, 0.1) is 9.21 Å². The van der Waals surface area contributed by atoms with Crippen LogP contribution in [0.2, 0.25) is 4.34 Å². The average Bonchev–Trinajstić information content (AvgIpc) is 2.61. The number of hydrogen-bond donors (Lipinski definition) is 1. The van der Waals surface area contributed by atoms with Crippen LogP contribution < -0.4 is 5.73 Å². The third kappa shape index (κ3) is 1.55. The number of anilines is 1. The van der Waals surface area contributed by atoms with Gasteiger partial charge in [0.15, 0.2) is 0 Å². The Balaban J connectivity index is 2.46. The Morgan fingerprint density at radius 1 is 1.54 bits per heavy atom. The van der Waals surface area contributed by atoms with Crippen molar-refractivity contribution in [3.63, 3.8) is 0 Å². The van der Waals surface area contributed by atoms with Crippen molar-refractivity contribution >= 4 is 28.8 Å². The standard InChI is InChI=1S/C8H8ClN3S/c1-12-8(10)4-5(11-12)6-2-3-7(9)13-6/h2-4H,10H2,1H3. The van der Waals surface area contributed by atoms with E-state index in [0.29, 0.717) is 5.82 Å². The maximum Gasteiger partial charge on any atom is 0.121 e. The summed E-state index contributed by atoms with van der Waals surface area (Å²) in [6.45, 7) is 0. The molecule has 0 atom stereocenters. The van der Waals surface area contributed by atoms with E-state index in [1.54, 1.807) is 4.68 Å². The first-order chi connectivity index (χ1) is 6.16. The molecular formula is C8H8ClN3S. The number of nitrogens with two attached hydrogens (primary N) is 1. The zero-order chi connectivity index (χ0) is 9.42. The Labute approximate surface area is 84.7 Å². The highest BCUT2D eigenvalue weighted by Gasteiger charge is 2.06. The summed E-state index contributed by atoms with van der Waals surface area (Å²) in [5.74, 6) is 0.652. The first-order valence-corrected chi connectivity index (χ1v) is 4.91. The molecule has 0 unspecified atom stereocenters. The second kappa shape index (κ2) is 3.05. The zero-order valence-corrected chi connectivity index (χ0v) is 8.56. The minimum Gasteiger partial charge on any atom is -0.384 e. The topological polar surface area (TPSA) is 43.8 Å². The minimum absolute atomic E-state index is 0.652. The van der Waals surface area contributed by atoms with Crippen molar-refractivity contribution in [1.82, 2.24) is 9.78 Å². The molecule has 0 spiro atoms. The van der Waals surface area contributed by atoms with Gasteiger partial charge in [0, 0.05) is 13.1 Å². The number of nitrogen functional groups attached to an aromatic ring is 1. The summed E-state index contributed by atoms with van der Waals surface area (Å²) in [6.07, 6.45) is 0. The van der Waals surface area contributed by atoms with E-state index in [9.17, 15) is 0 Å². The van der Waals surface area contributed by atoms with Crippen molar-refractivity contribution in [3.05, 3.63) is 22.5 Å². The van der Waals surface area contributed by atoms with Crippen molar-refractivity contribution in [3.8, 4) is 10.6 Å². The summed E-state index contributed by atoms with van der Waals surface area (Å²) in [7, 11) is 1.81. The summed E-state index contributed by atoms with van der Waals surface area (Å²) in [6, 6.07) is 5.63. The van der Waals surface area contributed by atoms with E-state index >= 15 is 0 Å². The Kier molecular flexibility index (Phi) is 2.01. The largest absolute Gasteiger partial charge is 0.384 e. The number of halogens is 1. The smallest absolute Gasteiger partial charge is 0.121 e. The molecule has 0 fully saturated rings. The summed E-state index contributed by atoms with van der Waals surface area (Å²) in [5, 5.41) is 4.24.